The zero-order valence-electron chi connectivity index (χ0n) is 12.5. The monoisotopic (exact) mass is 337 g/mol. The van der Waals surface area contributed by atoms with Gasteiger partial charge in [0.15, 0.2) is 11.2 Å². The Morgan fingerprint density at radius 2 is 1.75 bits per heavy atom. The van der Waals surface area contributed by atoms with Gasteiger partial charge in [0.05, 0.1) is 12.2 Å². The summed E-state index contributed by atoms with van der Waals surface area (Å²) in [6, 6.07) is 16.8. The molecule has 0 aliphatic rings. The molecule has 0 fully saturated rings. The van der Waals surface area contributed by atoms with Gasteiger partial charge in [-0.1, -0.05) is 47.1 Å². The Labute approximate surface area is 142 Å². The minimum atomic E-state index is -0.218. The summed E-state index contributed by atoms with van der Waals surface area (Å²) in [5, 5.41) is 8.68. The summed E-state index contributed by atoms with van der Waals surface area (Å²) in [4.78, 5) is 17.0. The smallest absolute Gasteiger partial charge is 0.283 e. The quantitative estimate of drug-likeness (QED) is 0.576. The van der Waals surface area contributed by atoms with Gasteiger partial charge in [0, 0.05) is 5.02 Å². The molecule has 24 heavy (non-hydrogen) atoms. The van der Waals surface area contributed by atoms with Gasteiger partial charge in [0.2, 0.25) is 0 Å². The van der Waals surface area contributed by atoms with Crippen molar-refractivity contribution in [2.75, 3.05) is 0 Å². The van der Waals surface area contributed by atoms with Crippen LogP contribution in [-0.4, -0.2) is 24.5 Å². The largest absolute Gasteiger partial charge is 0.293 e. The van der Waals surface area contributed by atoms with Crippen LogP contribution in [0, 0.1) is 0 Å². The van der Waals surface area contributed by atoms with Crippen molar-refractivity contribution in [1.82, 2.24) is 24.5 Å². The fourth-order valence-electron chi connectivity index (χ4n) is 2.49. The number of halogens is 1. The van der Waals surface area contributed by atoms with Crippen LogP contribution in [-0.2, 0) is 6.54 Å². The standard InChI is InChI=1S/C17H12ClN5O/c18-13-6-8-14(9-7-13)23-16-15(20-21-23)17(24)22(11-19-16)10-12-4-2-1-3-5-12/h1-9,11H,10H2. The lowest BCUT2D eigenvalue weighted by Crippen LogP contribution is -2.21. The summed E-state index contributed by atoms with van der Waals surface area (Å²) in [7, 11) is 0. The highest BCUT2D eigenvalue weighted by molar-refractivity contribution is 6.30. The highest BCUT2D eigenvalue weighted by Gasteiger charge is 2.13. The number of benzene rings is 2. The van der Waals surface area contributed by atoms with Gasteiger partial charge in [0.1, 0.15) is 6.33 Å². The number of hydrogen-bond acceptors (Lipinski definition) is 4. The molecule has 2 heterocycles. The molecule has 0 atom stereocenters. The molecule has 2 aromatic carbocycles. The molecule has 0 radical (unpaired) electrons. The van der Waals surface area contributed by atoms with Crippen molar-refractivity contribution in [3.05, 3.63) is 81.9 Å². The summed E-state index contributed by atoms with van der Waals surface area (Å²) >= 11 is 5.90. The van der Waals surface area contributed by atoms with Gasteiger partial charge < -0.3 is 0 Å². The molecule has 4 rings (SSSR count). The summed E-state index contributed by atoms with van der Waals surface area (Å²) in [6.45, 7) is 0.441. The molecule has 4 aromatic rings. The number of nitrogens with zero attached hydrogens (tertiary/aromatic N) is 5. The maximum absolute atomic E-state index is 12.6. The van der Waals surface area contributed by atoms with Gasteiger partial charge >= 0.3 is 0 Å². The maximum Gasteiger partial charge on any atom is 0.283 e. The van der Waals surface area contributed by atoms with Crippen LogP contribution in [0.4, 0.5) is 0 Å². The fourth-order valence-corrected chi connectivity index (χ4v) is 2.62. The second kappa shape index (κ2) is 5.90. The molecule has 0 aliphatic carbocycles. The molecule has 0 bridgehead atoms. The zero-order valence-corrected chi connectivity index (χ0v) is 13.3. The van der Waals surface area contributed by atoms with Gasteiger partial charge in [-0.15, -0.1) is 5.10 Å². The lowest BCUT2D eigenvalue weighted by Gasteiger charge is -2.05. The van der Waals surface area contributed by atoms with Crippen LogP contribution in [0.5, 0.6) is 0 Å². The molecule has 6 nitrogen and oxygen atoms in total. The number of hydrogen-bond donors (Lipinski definition) is 0. The first kappa shape index (κ1) is 14.6. The lowest BCUT2D eigenvalue weighted by atomic mass is 10.2. The van der Waals surface area contributed by atoms with E-state index in [4.69, 9.17) is 11.6 Å². The van der Waals surface area contributed by atoms with Gasteiger partial charge in [-0.25, -0.2) is 4.98 Å². The van der Waals surface area contributed by atoms with E-state index in [-0.39, 0.29) is 11.1 Å². The minimum absolute atomic E-state index is 0.218. The van der Waals surface area contributed by atoms with Crippen LogP contribution >= 0.6 is 11.6 Å². The Hall–Kier alpha value is -2.99. The van der Waals surface area contributed by atoms with Gasteiger partial charge in [-0.2, -0.15) is 4.68 Å². The molecule has 0 saturated carbocycles. The van der Waals surface area contributed by atoms with Crippen LogP contribution < -0.4 is 5.56 Å². The van der Waals surface area contributed by atoms with E-state index in [0.717, 1.165) is 11.3 Å². The molecule has 0 saturated heterocycles. The van der Waals surface area contributed by atoms with E-state index in [0.29, 0.717) is 17.2 Å². The Morgan fingerprint density at radius 1 is 1.00 bits per heavy atom. The molecule has 0 N–H and O–H groups in total. The summed E-state index contributed by atoms with van der Waals surface area (Å²) < 4.78 is 3.05. The van der Waals surface area contributed by atoms with E-state index in [1.54, 1.807) is 24.3 Å². The first-order valence-corrected chi connectivity index (χ1v) is 7.71. The molecule has 118 valence electrons. The summed E-state index contributed by atoms with van der Waals surface area (Å²) in [5.41, 5.74) is 2.21. The first-order valence-electron chi connectivity index (χ1n) is 7.33. The SMILES string of the molecule is O=c1c2nnn(-c3ccc(Cl)cc3)c2ncn1Cc1ccccc1. The van der Waals surface area contributed by atoms with Crippen molar-refractivity contribution in [2.45, 2.75) is 6.54 Å². The Morgan fingerprint density at radius 3 is 2.50 bits per heavy atom. The van der Waals surface area contributed by atoms with E-state index in [1.807, 2.05) is 30.3 Å². The Bertz CT molecular complexity index is 1050. The second-order valence-corrected chi connectivity index (χ2v) is 5.75. The number of fused-ring (bicyclic) bond motifs is 1. The normalized spacial score (nSPS) is 11.0. The average molecular weight is 338 g/mol. The molecule has 0 aliphatic heterocycles. The fraction of sp³-hybridized carbons (Fsp3) is 0.0588. The van der Waals surface area contributed by atoms with Crippen LogP contribution in [0.25, 0.3) is 16.9 Å². The predicted molar refractivity (Wildman–Crippen MR) is 91.5 cm³/mol. The van der Waals surface area contributed by atoms with E-state index in [2.05, 4.69) is 15.3 Å². The van der Waals surface area contributed by atoms with Crippen molar-refractivity contribution in [1.29, 1.82) is 0 Å². The summed E-state index contributed by atoms with van der Waals surface area (Å²) in [5.74, 6) is 0. The third-order valence-corrected chi connectivity index (χ3v) is 3.95. The van der Waals surface area contributed by atoms with Crippen LogP contribution in [0.15, 0.2) is 65.7 Å². The second-order valence-electron chi connectivity index (χ2n) is 5.31. The Balaban J connectivity index is 1.78. The van der Waals surface area contributed by atoms with Gasteiger partial charge in [-0.3, -0.25) is 9.36 Å². The van der Waals surface area contributed by atoms with Gasteiger partial charge in [-0.05, 0) is 29.8 Å². The van der Waals surface area contributed by atoms with E-state index in [1.165, 1.54) is 15.6 Å². The van der Waals surface area contributed by atoms with Crippen molar-refractivity contribution >= 4 is 22.8 Å². The van der Waals surface area contributed by atoms with E-state index < -0.39 is 0 Å². The molecule has 0 unspecified atom stereocenters. The van der Waals surface area contributed by atoms with Crippen molar-refractivity contribution in [2.24, 2.45) is 0 Å². The highest BCUT2D eigenvalue weighted by Crippen LogP contribution is 2.15. The molecule has 7 heteroatoms. The van der Waals surface area contributed by atoms with Crippen molar-refractivity contribution in [3.8, 4) is 5.69 Å². The Kier molecular flexibility index (Phi) is 3.59. The molecule has 0 amide bonds. The van der Waals surface area contributed by atoms with Crippen LogP contribution in [0.1, 0.15) is 5.56 Å². The minimum Gasteiger partial charge on any atom is -0.293 e. The lowest BCUT2D eigenvalue weighted by molar-refractivity contribution is 0.745. The van der Waals surface area contributed by atoms with Crippen LogP contribution in [0.3, 0.4) is 0 Å². The number of aromatic nitrogens is 5. The van der Waals surface area contributed by atoms with Crippen molar-refractivity contribution in [3.63, 3.8) is 0 Å². The number of rotatable bonds is 3. The summed E-state index contributed by atoms with van der Waals surface area (Å²) in [6.07, 6.45) is 1.52. The van der Waals surface area contributed by atoms with E-state index >= 15 is 0 Å². The third-order valence-electron chi connectivity index (χ3n) is 3.70. The van der Waals surface area contributed by atoms with Crippen molar-refractivity contribution < 1.29 is 0 Å². The molecule has 0 spiro atoms. The van der Waals surface area contributed by atoms with Crippen LogP contribution in [0.2, 0.25) is 5.02 Å². The van der Waals surface area contributed by atoms with E-state index in [9.17, 15) is 4.79 Å². The third kappa shape index (κ3) is 2.57. The molecular weight excluding hydrogens is 326 g/mol. The highest BCUT2D eigenvalue weighted by atomic mass is 35.5. The molecule has 2 aromatic heterocycles. The average Bonchev–Trinajstić information content (AvgIpc) is 3.04. The predicted octanol–water partition coefficient (Wildman–Crippen LogP) is 2.68. The van der Waals surface area contributed by atoms with Gasteiger partial charge in [0.25, 0.3) is 5.56 Å². The molecular formula is C17H12ClN5O. The maximum atomic E-state index is 12.6. The topological polar surface area (TPSA) is 65.6 Å². The first-order chi connectivity index (χ1) is 11.7. The zero-order chi connectivity index (χ0) is 16.5.